The van der Waals surface area contributed by atoms with Gasteiger partial charge < -0.3 is 10.1 Å². The minimum Gasteiger partial charge on any atom is -0.493 e. The van der Waals surface area contributed by atoms with Crippen molar-refractivity contribution in [1.82, 2.24) is 15.5 Å². The molecule has 0 fully saturated rings. The summed E-state index contributed by atoms with van der Waals surface area (Å²) in [6.45, 7) is 6.83. The number of benzene rings is 1. The minimum atomic E-state index is 0.637. The Bertz CT molecular complexity index is 499. The van der Waals surface area contributed by atoms with Gasteiger partial charge in [-0.1, -0.05) is 32.0 Å². The third-order valence-corrected chi connectivity index (χ3v) is 3.65. The molecular weight excluding hydrogens is 270 g/mol. The van der Waals surface area contributed by atoms with E-state index in [1.165, 1.54) is 0 Å². The van der Waals surface area contributed by atoms with Gasteiger partial charge in [0.1, 0.15) is 15.8 Å². The number of rotatable bonds is 8. The van der Waals surface area contributed by atoms with E-state index < -0.39 is 0 Å². The Balaban J connectivity index is 1.70. The largest absolute Gasteiger partial charge is 0.493 e. The SMILES string of the molecule is CC(C)CNCc1nnc(CCOc2ccccc2)s1. The topological polar surface area (TPSA) is 47.0 Å². The molecule has 0 unspecified atom stereocenters. The summed E-state index contributed by atoms with van der Waals surface area (Å²) in [5.41, 5.74) is 0. The molecule has 0 aliphatic heterocycles. The highest BCUT2D eigenvalue weighted by molar-refractivity contribution is 7.11. The van der Waals surface area contributed by atoms with Crippen LogP contribution in [0.4, 0.5) is 0 Å². The lowest BCUT2D eigenvalue weighted by Gasteiger charge is -2.04. The molecule has 0 aliphatic rings. The third-order valence-electron chi connectivity index (χ3n) is 2.67. The highest BCUT2D eigenvalue weighted by Gasteiger charge is 2.04. The van der Waals surface area contributed by atoms with Gasteiger partial charge in [-0.15, -0.1) is 21.5 Å². The van der Waals surface area contributed by atoms with Crippen LogP contribution in [-0.4, -0.2) is 23.3 Å². The first-order valence-electron chi connectivity index (χ1n) is 6.94. The maximum absolute atomic E-state index is 5.66. The van der Waals surface area contributed by atoms with Gasteiger partial charge in [0.25, 0.3) is 0 Å². The van der Waals surface area contributed by atoms with Gasteiger partial charge >= 0.3 is 0 Å². The summed E-state index contributed by atoms with van der Waals surface area (Å²) in [6, 6.07) is 9.84. The number of para-hydroxylation sites is 1. The molecule has 0 atom stereocenters. The van der Waals surface area contributed by atoms with Crippen LogP contribution in [0.3, 0.4) is 0 Å². The average molecular weight is 291 g/mol. The van der Waals surface area contributed by atoms with Crippen molar-refractivity contribution in [2.75, 3.05) is 13.2 Å². The lowest BCUT2D eigenvalue weighted by atomic mass is 10.2. The molecule has 1 aromatic carbocycles. The molecule has 0 radical (unpaired) electrons. The van der Waals surface area contributed by atoms with Gasteiger partial charge in [0.15, 0.2) is 0 Å². The summed E-state index contributed by atoms with van der Waals surface area (Å²) in [4.78, 5) is 0. The maximum atomic E-state index is 5.66. The van der Waals surface area contributed by atoms with E-state index >= 15 is 0 Å². The molecule has 1 N–H and O–H groups in total. The number of hydrogen-bond donors (Lipinski definition) is 1. The predicted octanol–water partition coefficient (Wildman–Crippen LogP) is 2.91. The van der Waals surface area contributed by atoms with Crippen LogP contribution < -0.4 is 10.1 Å². The van der Waals surface area contributed by atoms with E-state index in [9.17, 15) is 0 Å². The van der Waals surface area contributed by atoms with Crippen molar-refractivity contribution in [1.29, 1.82) is 0 Å². The van der Waals surface area contributed by atoms with E-state index in [0.717, 1.165) is 35.3 Å². The second-order valence-corrected chi connectivity index (χ2v) is 6.17. The van der Waals surface area contributed by atoms with Crippen molar-refractivity contribution in [3.8, 4) is 5.75 Å². The quantitative estimate of drug-likeness (QED) is 0.812. The first-order valence-corrected chi connectivity index (χ1v) is 7.75. The fourth-order valence-corrected chi connectivity index (χ4v) is 2.50. The van der Waals surface area contributed by atoms with E-state index in [1.54, 1.807) is 11.3 Å². The molecule has 0 saturated carbocycles. The van der Waals surface area contributed by atoms with E-state index in [2.05, 4.69) is 29.4 Å². The second kappa shape index (κ2) is 7.97. The van der Waals surface area contributed by atoms with Gasteiger partial charge in [0, 0.05) is 13.0 Å². The van der Waals surface area contributed by atoms with Gasteiger partial charge in [-0.2, -0.15) is 0 Å². The molecule has 0 amide bonds. The van der Waals surface area contributed by atoms with Gasteiger partial charge in [-0.25, -0.2) is 0 Å². The standard InChI is InChI=1S/C15H21N3OS/c1-12(2)10-16-11-15-18-17-14(20-15)8-9-19-13-6-4-3-5-7-13/h3-7,12,16H,8-11H2,1-2H3. The summed E-state index contributed by atoms with van der Waals surface area (Å²) < 4.78 is 5.66. The number of nitrogens with zero attached hydrogens (tertiary/aromatic N) is 2. The molecule has 0 saturated heterocycles. The number of aromatic nitrogens is 2. The molecule has 0 bridgehead atoms. The van der Waals surface area contributed by atoms with Crippen LogP contribution in [0.5, 0.6) is 5.75 Å². The van der Waals surface area contributed by atoms with Crippen LogP contribution >= 0.6 is 11.3 Å². The molecule has 2 rings (SSSR count). The molecule has 5 heteroatoms. The molecular formula is C15H21N3OS. The fourth-order valence-electron chi connectivity index (χ4n) is 1.70. The lowest BCUT2D eigenvalue weighted by Crippen LogP contribution is -2.18. The molecule has 108 valence electrons. The van der Waals surface area contributed by atoms with Crippen molar-refractivity contribution in [3.05, 3.63) is 40.3 Å². The monoisotopic (exact) mass is 291 g/mol. The summed E-state index contributed by atoms with van der Waals surface area (Å²) >= 11 is 1.65. The van der Waals surface area contributed by atoms with Crippen LogP contribution in [0.25, 0.3) is 0 Å². The Kier molecular flexibility index (Phi) is 5.95. The van der Waals surface area contributed by atoms with E-state index in [1.807, 2.05) is 30.3 Å². The first-order chi connectivity index (χ1) is 9.74. The normalized spacial score (nSPS) is 10.9. The minimum absolute atomic E-state index is 0.637. The zero-order valence-electron chi connectivity index (χ0n) is 12.0. The smallest absolute Gasteiger partial charge is 0.131 e. The van der Waals surface area contributed by atoms with E-state index in [-0.39, 0.29) is 0 Å². The van der Waals surface area contributed by atoms with Crippen molar-refractivity contribution >= 4 is 11.3 Å². The van der Waals surface area contributed by atoms with Crippen LogP contribution in [0.2, 0.25) is 0 Å². The second-order valence-electron chi connectivity index (χ2n) is 5.03. The first kappa shape index (κ1) is 14.9. The highest BCUT2D eigenvalue weighted by atomic mass is 32.1. The third kappa shape index (κ3) is 5.27. The van der Waals surface area contributed by atoms with Gasteiger partial charge in [0.2, 0.25) is 0 Å². The van der Waals surface area contributed by atoms with Crippen LogP contribution in [-0.2, 0) is 13.0 Å². The summed E-state index contributed by atoms with van der Waals surface area (Å²) in [5, 5.41) is 13.8. The molecule has 20 heavy (non-hydrogen) atoms. The molecule has 4 nitrogen and oxygen atoms in total. The highest BCUT2D eigenvalue weighted by Crippen LogP contribution is 2.12. The Hall–Kier alpha value is -1.46. The Morgan fingerprint density at radius 2 is 1.90 bits per heavy atom. The Morgan fingerprint density at radius 3 is 2.65 bits per heavy atom. The zero-order chi connectivity index (χ0) is 14.2. The summed E-state index contributed by atoms with van der Waals surface area (Å²) in [6.07, 6.45) is 0.802. The van der Waals surface area contributed by atoms with Crippen molar-refractivity contribution in [2.45, 2.75) is 26.8 Å². The molecule has 2 aromatic rings. The molecule has 0 aliphatic carbocycles. The predicted molar refractivity (Wildman–Crippen MR) is 82.1 cm³/mol. The van der Waals surface area contributed by atoms with Crippen LogP contribution in [0.15, 0.2) is 30.3 Å². The van der Waals surface area contributed by atoms with Crippen molar-refractivity contribution < 1.29 is 4.74 Å². The maximum Gasteiger partial charge on any atom is 0.131 e. The van der Waals surface area contributed by atoms with Gasteiger partial charge in [-0.3, -0.25) is 0 Å². The van der Waals surface area contributed by atoms with Crippen molar-refractivity contribution in [2.24, 2.45) is 5.92 Å². The Morgan fingerprint density at radius 1 is 1.15 bits per heavy atom. The summed E-state index contributed by atoms with van der Waals surface area (Å²) in [7, 11) is 0. The number of nitrogens with one attached hydrogen (secondary N) is 1. The Labute approximate surface area is 124 Å². The van der Waals surface area contributed by atoms with Gasteiger partial charge in [0.05, 0.1) is 6.61 Å². The van der Waals surface area contributed by atoms with E-state index in [4.69, 9.17) is 4.74 Å². The van der Waals surface area contributed by atoms with E-state index in [0.29, 0.717) is 12.5 Å². The molecule has 0 spiro atoms. The summed E-state index contributed by atoms with van der Waals surface area (Å²) in [5.74, 6) is 1.55. The van der Waals surface area contributed by atoms with Crippen LogP contribution in [0, 0.1) is 5.92 Å². The lowest BCUT2D eigenvalue weighted by molar-refractivity contribution is 0.321. The number of hydrogen-bond acceptors (Lipinski definition) is 5. The average Bonchev–Trinajstić information content (AvgIpc) is 2.87. The molecule has 1 aromatic heterocycles. The van der Waals surface area contributed by atoms with Crippen LogP contribution in [0.1, 0.15) is 23.9 Å². The van der Waals surface area contributed by atoms with Gasteiger partial charge in [-0.05, 0) is 24.6 Å². The van der Waals surface area contributed by atoms with Crippen molar-refractivity contribution in [3.63, 3.8) is 0 Å². The zero-order valence-corrected chi connectivity index (χ0v) is 12.8. The number of ether oxygens (including phenoxy) is 1. The fraction of sp³-hybridized carbons (Fsp3) is 0.467. The molecule has 1 heterocycles.